The molecule has 5 N–H and O–H groups in total. The van der Waals surface area contributed by atoms with Crippen molar-refractivity contribution < 1.29 is 62.7 Å². The topological polar surface area (TPSA) is 236 Å². The summed E-state index contributed by atoms with van der Waals surface area (Å²) < 4.78 is 21.5. The molecular weight excluding hydrogens is 841 g/mol. The highest BCUT2D eigenvalue weighted by Crippen LogP contribution is 2.23. The van der Waals surface area contributed by atoms with Crippen molar-refractivity contribution in [2.45, 2.75) is 190 Å². The SMILES string of the molecule is CC(C)C[C@H](NC(=O)[C@@H](OC(=O)C[C@H](O)[C@H](NC(=O)OC(C)(C)C)C(C)C)C(C)C)C(=O)N1CCC[C@H]1C(=O)OCc1ccccc1.CC(C)[C@@H](NC(=O)OC(C)(C)C)[C@@H](C)CC(=O)O. The normalized spacial score (nSPS) is 16.9. The number of alkyl carbamates (subject to hydrolysis) is 2. The van der Waals surface area contributed by atoms with E-state index >= 15 is 0 Å². The fourth-order valence-electron chi connectivity index (χ4n) is 7.19. The van der Waals surface area contributed by atoms with E-state index in [0.29, 0.717) is 25.8 Å². The lowest BCUT2D eigenvalue weighted by Gasteiger charge is -2.31. The second kappa shape index (κ2) is 26.9. The Morgan fingerprint density at radius 1 is 0.738 bits per heavy atom. The summed E-state index contributed by atoms with van der Waals surface area (Å²) in [6.45, 7) is 27.5. The molecule has 0 aromatic heterocycles. The zero-order chi connectivity index (χ0) is 50.0. The molecule has 0 bridgehead atoms. The van der Waals surface area contributed by atoms with Gasteiger partial charge in [0.05, 0.1) is 18.6 Å². The number of nitrogens with zero attached hydrogens (tertiary/aromatic N) is 1. The first-order valence-corrected chi connectivity index (χ1v) is 22.8. The maximum atomic E-state index is 13.8. The quantitative estimate of drug-likeness (QED) is 0.0672. The summed E-state index contributed by atoms with van der Waals surface area (Å²) >= 11 is 0. The van der Waals surface area contributed by atoms with Gasteiger partial charge in [-0.05, 0) is 96.0 Å². The number of aliphatic carboxylic acids is 1. The van der Waals surface area contributed by atoms with Crippen LogP contribution in [0.15, 0.2) is 30.3 Å². The van der Waals surface area contributed by atoms with Gasteiger partial charge in [-0.15, -0.1) is 0 Å². The fourth-order valence-corrected chi connectivity index (χ4v) is 7.19. The van der Waals surface area contributed by atoms with E-state index in [1.807, 2.05) is 65.0 Å². The van der Waals surface area contributed by atoms with Crippen molar-refractivity contribution in [3.05, 3.63) is 35.9 Å². The van der Waals surface area contributed by atoms with Crippen molar-refractivity contribution >= 4 is 41.9 Å². The third kappa shape index (κ3) is 22.7. The first-order chi connectivity index (χ1) is 29.9. The number of hydrogen-bond donors (Lipinski definition) is 5. The molecule has 370 valence electrons. The van der Waals surface area contributed by atoms with E-state index in [9.17, 15) is 38.7 Å². The van der Waals surface area contributed by atoms with Crippen LogP contribution in [-0.2, 0) is 49.5 Å². The Kier molecular flexibility index (Phi) is 24.0. The van der Waals surface area contributed by atoms with Gasteiger partial charge in [0.25, 0.3) is 5.91 Å². The molecule has 0 spiro atoms. The summed E-state index contributed by atoms with van der Waals surface area (Å²) in [5.74, 6) is -3.93. The summed E-state index contributed by atoms with van der Waals surface area (Å²) in [5, 5.41) is 27.8. The molecule has 0 saturated carbocycles. The van der Waals surface area contributed by atoms with E-state index in [-0.39, 0.29) is 42.7 Å². The van der Waals surface area contributed by atoms with E-state index in [2.05, 4.69) is 16.0 Å². The van der Waals surface area contributed by atoms with Crippen molar-refractivity contribution in [1.82, 2.24) is 20.9 Å². The standard InChI is InChI=1S/C35H55N3O9.C13H25NO4/c1-21(2)18-25(32(42)38-17-13-16-26(38)33(43)45-20-24-14-11-10-12-15-24)36-31(41)30(23(5)6)46-28(40)19-27(39)29(22(3)4)37-34(44)47-35(7,8)9;1-8(2)11(9(3)7-10(15)16)14-12(17)18-13(4,5)6/h10-12,14-15,21-23,25-27,29-30,39H,13,16-20H2,1-9H3,(H,36,41)(H,37,44);8-9,11H,7H2,1-6H3,(H,14,17)(H,15,16)/t25-,26-,27-,29+,30-;9-,11+/m00/s1. The number of carboxylic acids is 1. The molecule has 1 aromatic rings. The Morgan fingerprint density at radius 3 is 1.72 bits per heavy atom. The number of benzene rings is 1. The van der Waals surface area contributed by atoms with Gasteiger partial charge < -0.3 is 50.0 Å². The molecule has 1 saturated heterocycles. The number of carbonyl (C=O) groups excluding carboxylic acids is 6. The molecule has 1 aliphatic heterocycles. The molecule has 65 heavy (non-hydrogen) atoms. The molecule has 1 fully saturated rings. The van der Waals surface area contributed by atoms with E-state index in [1.54, 1.807) is 69.2 Å². The minimum Gasteiger partial charge on any atom is -0.481 e. The molecule has 1 aliphatic rings. The third-order valence-electron chi connectivity index (χ3n) is 10.2. The van der Waals surface area contributed by atoms with Gasteiger partial charge in [0.1, 0.15) is 29.9 Å². The highest BCUT2D eigenvalue weighted by molar-refractivity contribution is 5.93. The highest BCUT2D eigenvalue weighted by Gasteiger charge is 2.40. The van der Waals surface area contributed by atoms with Crippen LogP contribution < -0.4 is 16.0 Å². The smallest absolute Gasteiger partial charge is 0.407 e. The van der Waals surface area contributed by atoms with Gasteiger partial charge in [0.15, 0.2) is 6.10 Å². The number of carboxylic acid groups (broad SMARTS) is 1. The van der Waals surface area contributed by atoms with Gasteiger partial charge in [-0.25, -0.2) is 14.4 Å². The number of ether oxygens (including phenoxy) is 4. The van der Waals surface area contributed by atoms with Crippen molar-refractivity contribution in [1.29, 1.82) is 0 Å². The Morgan fingerprint density at radius 2 is 1.26 bits per heavy atom. The van der Waals surface area contributed by atoms with Crippen LogP contribution in [0.4, 0.5) is 9.59 Å². The van der Waals surface area contributed by atoms with E-state index in [4.69, 9.17) is 24.1 Å². The predicted octanol–water partition coefficient (Wildman–Crippen LogP) is 6.77. The molecular formula is C48H80N4O13. The van der Waals surface area contributed by atoms with Crippen LogP contribution in [0.5, 0.6) is 0 Å². The molecule has 17 heteroatoms. The van der Waals surface area contributed by atoms with Crippen molar-refractivity contribution in [2.75, 3.05) is 6.54 Å². The first-order valence-electron chi connectivity index (χ1n) is 22.8. The second-order valence-electron chi connectivity index (χ2n) is 20.3. The molecule has 1 aromatic carbocycles. The van der Waals surface area contributed by atoms with Gasteiger partial charge >= 0.3 is 30.1 Å². The average Bonchev–Trinajstić information content (AvgIpc) is 3.65. The van der Waals surface area contributed by atoms with Crippen molar-refractivity contribution in [2.24, 2.45) is 29.6 Å². The van der Waals surface area contributed by atoms with Gasteiger partial charge in [-0.2, -0.15) is 0 Å². The minimum absolute atomic E-state index is 0.0240. The molecule has 4 amide bonds. The molecule has 0 unspecified atom stereocenters. The van der Waals surface area contributed by atoms with Gasteiger partial charge in [-0.3, -0.25) is 19.2 Å². The molecule has 0 aliphatic carbocycles. The lowest BCUT2D eigenvalue weighted by Crippen LogP contribution is -2.55. The van der Waals surface area contributed by atoms with Crippen LogP contribution in [-0.4, -0.2) is 111 Å². The monoisotopic (exact) mass is 921 g/mol. The number of aliphatic hydroxyl groups is 1. The van der Waals surface area contributed by atoms with Gasteiger partial charge in [0.2, 0.25) is 5.91 Å². The highest BCUT2D eigenvalue weighted by atomic mass is 16.6. The number of aliphatic hydroxyl groups excluding tert-OH is 1. The lowest BCUT2D eigenvalue weighted by atomic mass is 9.89. The Balaban J connectivity index is 0.000000984. The summed E-state index contributed by atoms with van der Waals surface area (Å²) in [5.41, 5.74) is -0.465. The van der Waals surface area contributed by atoms with Crippen molar-refractivity contribution in [3.63, 3.8) is 0 Å². The van der Waals surface area contributed by atoms with Gasteiger partial charge in [0, 0.05) is 19.0 Å². The Hall–Kier alpha value is -4.93. The number of hydrogen-bond acceptors (Lipinski definition) is 12. The molecule has 0 radical (unpaired) electrons. The van der Waals surface area contributed by atoms with Crippen LogP contribution in [0.3, 0.4) is 0 Å². The molecule has 7 atom stereocenters. The summed E-state index contributed by atoms with van der Waals surface area (Å²) in [6, 6.07) is 6.52. The summed E-state index contributed by atoms with van der Waals surface area (Å²) in [4.78, 5) is 89.5. The molecule has 2 rings (SSSR count). The van der Waals surface area contributed by atoms with Crippen LogP contribution >= 0.6 is 0 Å². The minimum atomic E-state index is -1.31. The number of carbonyl (C=O) groups is 7. The summed E-state index contributed by atoms with van der Waals surface area (Å²) in [6.07, 6.45) is -2.87. The average molecular weight is 921 g/mol. The predicted molar refractivity (Wildman–Crippen MR) is 245 cm³/mol. The Labute approximate surface area is 386 Å². The fraction of sp³-hybridized carbons (Fsp3) is 0.729. The maximum Gasteiger partial charge on any atom is 0.407 e. The molecule has 1 heterocycles. The summed E-state index contributed by atoms with van der Waals surface area (Å²) in [7, 11) is 0. The van der Waals surface area contributed by atoms with Gasteiger partial charge in [-0.1, -0.05) is 92.6 Å². The molecule has 17 nitrogen and oxygen atoms in total. The number of likely N-dealkylation sites (tertiary alicyclic amines) is 1. The third-order valence-corrected chi connectivity index (χ3v) is 10.2. The van der Waals surface area contributed by atoms with E-state index in [1.165, 1.54) is 4.90 Å². The van der Waals surface area contributed by atoms with Crippen LogP contribution in [0, 0.1) is 29.6 Å². The van der Waals surface area contributed by atoms with E-state index < -0.39 is 95.8 Å². The van der Waals surface area contributed by atoms with Crippen molar-refractivity contribution in [3.8, 4) is 0 Å². The van der Waals surface area contributed by atoms with Crippen LogP contribution in [0.2, 0.25) is 0 Å². The number of rotatable bonds is 20. The van der Waals surface area contributed by atoms with Crippen LogP contribution in [0.1, 0.15) is 142 Å². The largest absolute Gasteiger partial charge is 0.481 e. The zero-order valence-corrected chi connectivity index (χ0v) is 41.5. The number of esters is 2. The maximum absolute atomic E-state index is 13.8. The lowest BCUT2D eigenvalue weighted by molar-refractivity contribution is -0.162. The van der Waals surface area contributed by atoms with E-state index in [0.717, 1.165) is 5.56 Å². The number of amides is 4. The Bertz CT molecular complexity index is 1690. The second-order valence-corrected chi connectivity index (χ2v) is 20.3. The first kappa shape index (κ1) is 58.1. The van der Waals surface area contributed by atoms with Crippen LogP contribution in [0.25, 0.3) is 0 Å². The zero-order valence-electron chi connectivity index (χ0n) is 41.5. The number of nitrogens with one attached hydrogen (secondary N) is 3.